The summed E-state index contributed by atoms with van der Waals surface area (Å²) in [4.78, 5) is 23.3. The van der Waals surface area contributed by atoms with Crippen LogP contribution in [-0.2, 0) is 6.54 Å². The number of benzene rings is 1. The number of carboxylic acids is 1. The van der Waals surface area contributed by atoms with E-state index in [4.69, 9.17) is 11.5 Å². The van der Waals surface area contributed by atoms with Crippen LogP contribution in [0.15, 0.2) is 35.1 Å². The summed E-state index contributed by atoms with van der Waals surface area (Å²) in [5.74, 6) is 1.14. The Balaban J connectivity index is 2.71. The Morgan fingerprint density at radius 2 is 1.95 bits per heavy atom. The Morgan fingerprint density at radius 1 is 1.24 bits per heavy atom. The van der Waals surface area contributed by atoms with Crippen molar-refractivity contribution in [1.29, 1.82) is 0 Å². The molecular weight excluding hydrogens is 266 g/mol. The molecule has 1 aromatic carbocycles. The van der Waals surface area contributed by atoms with Crippen LogP contribution in [0.4, 0.5) is 0 Å². The molecule has 1 N–H and O–H groups in total. The maximum Gasteiger partial charge on any atom is 0.341 e. The van der Waals surface area contributed by atoms with Gasteiger partial charge in [-0.15, -0.1) is 6.42 Å². The molecule has 0 radical (unpaired) electrons. The van der Waals surface area contributed by atoms with Gasteiger partial charge in [-0.3, -0.25) is 9.36 Å². The van der Waals surface area contributed by atoms with Crippen molar-refractivity contribution < 1.29 is 9.90 Å². The first-order chi connectivity index (χ1) is 9.95. The Labute approximate surface area is 122 Å². The first-order valence-corrected chi connectivity index (χ1v) is 6.44. The number of pyridine rings is 1. The van der Waals surface area contributed by atoms with Crippen LogP contribution >= 0.6 is 0 Å². The summed E-state index contributed by atoms with van der Waals surface area (Å²) >= 11 is 0. The molecule has 0 atom stereocenters. The molecule has 0 fully saturated rings. The highest BCUT2D eigenvalue weighted by molar-refractivity contribution is 5.87. The smallest absolute Gasteiger partial charge is 0.341 e. The van der Waals surface area contributed by atoms with E-state index in [-0.39, 0.29) is 12.1 Å². The van der Waals surface area contributed by atoms with E-state index in [0.29, 0.717) is 5.69 Å². The summed E-state index contributed by atoms with van der Waals surface area (Å²) in [7, 11) is 0. The summed E-state index contributed by atoms with van der Waals surface area (Å²) in [5.41, 5.74) is 2.82. The molecule has 1 aromatic heterocycles. The molecular formula is C17H15NO3. The predicted octanol–water partition coefficient (Wildman–Crippen LogP) is 2.46. The molecule has 1 heterocycles. The molecule has 0 aliphatic rings. The van der Waals surface area contributed by atoms with Gasteiger partial charge in [-0.25, -0.2) is 4.79 Å². The predicted molar refractivity (Wildman–Crippen MR) is 81.4 cm³/mol. The zero-order valence-electron chi connectivity index (χ0n) is 11.9. The zero-order valence-corrected chi connectivity index (χ0v) is 11.9. The Bertz CT molecular complexity index is 810. The summed E-state index contributed by atoms with van der Waals surface area (Å²) in [6, 6.07) is 8.75. The average molecular weight is 281 g/mol. The van der Waals surface area contributed by atoms with Crippen molar-refractivity contribution in [2.45, 2.75) is 20.4 Å². The maximum atomic E-state index is 12.2. The van der Waals surface area contributed by atoms with Gasteiger partial charge in [0, 0.05) is 0 Å². The van der Waals surface area contributed by atoms with Gasteiger partial charge in [-0.2, -0.15) is 0 Å². The fraction of sp³-hybridized carbons (Fsp3) is 0.176. The molecule has 0 aliphatic carbocycles. The van der Waals surface area contributed by atoms with E-state index >= 15 is 0 Å². The number of terminal acetylenes is 1. The van der Waals surface area contributed by atoms with Crippen LogP contribution in [0, 0.1) is 26.2 Å². The lowest BCUT2D eigenvalue weighted by Gasteiger charge is -2.13. The molecule has 0 unspecified atom stereocenters. The molecule has 106 valence electrons. The van der Waals surface area contributed by atoms with Gasteiger partial charge in [0.15, 0.2) is 0 Å². The highest BCUT2D eigenvalue weighted by Crippen LogP contribution is 2.21. The normalized spacial score (nSPS) is 10.1. The lowest BCUT2D eigenvalue weighted by Crippen LogP contribution is -2.27. The van der Waals surface area contributed by atoms with E-state index in [2.05, 4.69) is 5.92 Å². The van der Waals surface area contributed by atoms with Crippen molar-refractivity contribution in [2.75, 3.05) is 0 Å². The zero-order chi connectivity index (χ0) is 15.6. The second-order valence-corrected chi connectivity index (χ2v) is 4.83. The largest absolute Gasteiger partial charge is 0.477 e. The lowest BCUT2D eigenvalue weighted by atomic mass is 10.0. The van der Waals surface area contributed by atoms with E-state index in [1.54, 1.807) is 6.07 Å². The van der Waals surface area contributed by atoms with Gasteiger partial charge in [-0.05, 0) is 48.7 Å². The SMILES string of the molecule is C#CCn1c(-c2ccc(C)c(C)c2)ccc(C(=O)O)c1=O. The fourth-order valence-electron chi connectivity index (χ4n) is 2.14. The van der Waals surface area contributed by atoms with Crippen molar-refractivity contribution in [3.05, 3.63) is 57.4 Å². The second kappa shape index (κ2) is 5.68. The minimum atomic E-state index is -1.25. The molecule has 0 spiro atoms. The van der Waals surface area contributed by atoms with E-state index in [9.17, 15) is 9.59 Å². The monoisotopic (exact) mass is 281 g/mol. The number of carbonyl (C=O) groups is 1. The van der Waals surface area contributed by atoms with Crippen molar-refractivity contribution in [3.63, 3.8) is 0 Å². The molecule has 0 saturated heterocycles. The molecule has 4 nitrogen and oxygen atoms in total. The van der Waals surface area contributed by atoms with E-state index in [0.717, 1.165) is 16.7 Å². The van der Waals surface area contributed by atoms with Gasteiger partial charge in [0.05, 0.1) is 12.2 Å². The summed E-state index contributed by atoms with van der Waals surface area (Å²) in [6.07, 6.45) is 5.30. The van der Waals surface area contributed by atoms with E-state index in [1.165, 1.54) is 10.6 Å². The van der Waals surface area contributed by atoms with Crippen LogP contribution in [0.3, 0.4) is 0 Å². The molecule has 21 heavy (non-hydrogen) atoms. The van der Waals surface area contributed by atoms with Crippen LogP contribution in [-0.4, -0.2) is 15.6 Å². The first kappa shape index (κ1) is 14.6. The van der Waals surface area contributed by atoms with Crippen molar-refractivity contribution in [3.8, 4) is 23.6 Å². The molecule has 0 bridgehead atoms. The third kappa shape index (κ3) is 2.72. The number of aryl methyl sites for hydroxylation is 2. The van der Waals surface area contributed by atoms with Crippen LogP contribution in [0.1, 0.15) is 21.5 Å². The fourth-order valence-corrected chi connectivity index (χ4v) is 2.14. The maximum absolute atomic E-state index is 12.2. The van der Waals surface area contributed by atoms with Crippen molar-refractivity contribution >= 4 is 5.97 Å². The first-order valence-electron chi connectivity index (χ1n) is 6.44. The van der Waals surface area contributed by atoms with Gasteiger partial charge in [-0.1, -0.05) is 18.1 Å². The van der Waals surface area contributed by atoms with Crippen LogP contribution < -0.4 is 5.56 Å². The second-order valence-electron chi connectivity index (χ2n) is 4.83. The summed E-state index contributed by atoms with van der Waals surface area (Å²) in [5, 5.41) is 9.04. The number of hydrogen-bond donors (Lipinski definition) is 1. The van der Waals surface area contributed by atoms with Gasteiger partial charge >= 0.3 is 5.97 Å². The van der Waals surface area contributed by atoms with Gasteiger partial charge < -0.3 is 5.11 Å². The minimum Gasteiger partial charge on any atom is -0.477 e. The highest BCUT2D eigenvalue weighted by Gasteiger charge is 2.14. The van der Waals surface area contributed by atoms with Crippen molar-refractivity contribution in [1.82, 2.24) is 4.57 Å². The van der Waals surface area contributed by atoms with Crippen LogP contribution in [0.2, 0.25) is 0 Å². The highest BCUT2D eigenvalue weighted by atomic mass is 16.4. The Hall–Kier alpha value is -2.80. The summed E-state index contributed by atoms with van der Waals surface area (Å²) in [6.45, 7) is 4.01. The minimum absolute atomic E-state index is 0.0300. The van der Waals surface area contributed by atoms with Gasteiger partial charge in [0.2, 0.25) is 0 Å². The van der Waals surface area contributed by atoms with Gasteiger partial charge in [0.1, 0.15) is 5.56 Å². The summed E-state index contributed by atoms with van der Waals surface area (Å²) < 4.78 is 1.31. The number of aromatic nitrogens is 1. The molecule has 4 heteroatoms. The molecule has 0 amide bonds. The molecule has 0 aliphatic heterocycles. The number of hydrogen-bond acceptors (Lipinski definition) is 2. The van der Waals surface area contributed by atoms with Crippen LogP contribution in [0.25, 0.3) is 11.3 Å². The molecule has 2 aromatic rings. The van der Waals surface area contributed by atoms with Gasteiger partial charge in [0.25, 0.3) is 5.56 Å². The molecule has 0 saturated carbocycles. The standard InChI is InChI=1S/C17H15NO3/c1-4-9-18-15(8-7-14(16(18)19)17(20)21)13-6-5-11(2)12(3)10-13/h1,5-8,10H,9H2,2-3H3,(H,20,21). The third-order valence-corrected chi connectivity index (χ3v) is 3.46. The number of carboxylic acid groups (broad SMARTS) is 1. The van der Waals surface area contributed by atoms with Crippen molar-refractivity contribution in [2.24, 2.45) is 0 Å². The topological polar surface area (TPSA) is 59.3 Å². The van der Waals surface area contributed by atoms with Crippen LogP contribution in [0.5, 0.6) is 0 Å². The number of rotatable bonds is 3. The number of nitrogens with zero attached hydrogens (tertiary/aromatic N) is 1. The third-order valence-electron chi connectivity index (χ3n) is 3.46. The van der Waals surface area contributed by atoms with E-state index in [1.807, 2.05) is 32.0 Å². The average Bonchev–Trinajstić information content (AvgIpc) is 2.44. The Morgan fingerprint density at radius 3 is 2.52 bits per heavy atom. The van der Waals surface area contributed by atoms with E-state index < -0.39 is 11.5 Å². The Kier molecular flexibility index (Phi) is 3.95. The molecule has 2 rings (SSSR count). The number of aromatic carboxylic acids is 1. The quantitative estimate of drug-likeness (QED) is 0.879. The lowest BCUT2D eigenvalue weighted by molar-refractivity contribution is 0.0694.